The van der Waals surface area contributed by atoms with Gasteiger partial charge in [0.2, 0.25) is 0 Å². The molecule has 0 N–H and O–H groups in total. The molecular formula is C47H35NO2P2. The Labute approximate surface area is 303 Å². The van der Waals surface area contributed by atoms with Crippen molar-refractivity contribution in [2.45, 2.75) is 12.1 Å². The molecule has 8 aromatic rings. The highest BCUT2D eigenvalue weighted by Gasteiger charge is 2.38. The molecule has 1 aliphatic carbocycles. The molecule has 3 nitrogen and oxygen atoms in total. The van der Waals surface area contributed by atoms with Crippen LogP contribution in [0.2, 0.25) is 0 Å². The van der Waals surface area contributed by atoms with E-state index >= 15 is 9.13 Å². The average Bonchev–Trinajstić information content (AvgIpc) is 3.23. The Morgan fingerprint density at radius 1 is 0.500 bits per heavy atom. The van der Waals surface area contributed by atoms with Crippen molar-refractivity contribution in [2.24, 2.45) is 0 Å². The molecule has 1 aromatic heterocycles. The second-order valence-corrected chi connectivity index (χ2v) is 19.1. The van der Waals surface area contributed by atoms with Crippen LogP contribution in [0.15, 0.2) is 194 Å². The topological polar surface area (TPSA) is 47.0 Å². The Bertz CT molecular complexity index is 2720. The highest BCUT2D eigenvalue weighted by Crippen LogP contribution is 2.53. The van der Waals surface area contributed by atoms with Crippen LogP contribution in [0.25, 0.3) is 43.7 Å². The standard InChI is InChI=1S/C47H35NO2P2/c49-51(36-18-5-1-6-19-36,37-20-7-2-8-21-37)40-31-35(32-41(33-40)52(50,38-22-9-3-10-23-38)39-24-11-4-12-25-39)47-44-30-29-34-17-13-14-26-42(34)46(44)43-27-15-16-28-45(43)48-47/h1-24,26-33,39H,25H2. The van der Waals surface area contributed by atoms with Gasteiger partial charge in [-0.2, -0.15) is 0 Å². The minimum absolute atomic E-state index is 0.263. The molecule has 0 radical (unpaired) electrons. The summed E-state index contributed by atoms with van der Waals surface area (Å²) in [5.41, 5.74) is 2.17. The van der Waals surface area contributed by atoms with Crippen LogP contribution < -0.4 is 26.5 Å². The van der Waals surface area contributed by atoms with E-state index < -0.39 is 14.3 Å². The van der Waals surface area contributed by atoms with E-state index in [9.17, 15) is 0 Å². The van der Waals surface area contributed by atoms with Gasteiger partial charge < -0.3 is 9.13 Å². The fourth-order valence-electron chi connectivity index (χ4n) is 7.79. The second-order valence-electron chi connectivity index (χ2n) is 13.3. The lowest BCUT2D eigenvalue weighted by atomic mass is 9.95. The van der Waals surface area contributed by atoms with Crippen LogP contribution in [0.3, 0.4) is 0 Å². The normalized spacial score (nSPS) is 15.6. The maximum Gasteiger partial charge on any atom is 0.171 e. The van der Waals surface area contributed by atoms with E-state index in [1.807, 2.05) is 121 Å². The highest BCUT2D eigenvalue weighted by atomic mass is 31.2. The molecule has 0 aliphatic heterocycles. The molecule has 0 spiro atoms. The third kappa shape index (κ3) is 5.32. The Morgan fingerprint density at radius 3 is 1.77 bits per heavy atom. The van der Waals surface area contributed by atoms with Crippen LogP contribution >= 0.6 is 14.3 Å². The summed E-state index contributed by atoms with van der Waals surface area (Å²) in [4.78, 5) is 5.35. The van der Waals surface area contributed by atoms with Gasteiger partial charge in [-0.05, 0) is 41.5 Å². The molecular weight excluding hydrogens is 672 g/mol. The molecule has 0 fully saturated rings. The Hall–Kier alpha value is -5.59. The fourth-order valence-corrected chi connectivity index (χ4v) is 13.7. The first kappa shape index (κ1) is 32.3. The number of allylic oxidation sites excluding steroid dienone is 4. The zero-order valence-electron chi connectivity index (χ0n) is 28.4. The number of aromatic nitrogens is 1. The molecule has 1 heterocycles. The number of nitrogens with zero attached hydrogens (tertiary/aromatic N) is 1. The van der Waals surface area contributed by atoms with Crippen LogP contribution in [0.5, 0.6) is 0 Å². The van der Waals surface area contributed by atoms with Gasteiger partial charge in [0.15, 0.2) is 7.14 Å². The largest absolute Gasteiger partial charge is 0.313 e. The quantitative estimate of drug-likeness (QED) is 0.122. The zero-order chi connectivity index (χ0) is 35.1. The second kappa shape index (κ2) is 13.2. The van der Waals surface area contributed by atoms with Crippen molar-refractivity contribution in [3.63, 3.8) is 0 Å². The highest BCUT2D eigenvalue weighted by molar-refractivity contribution is 7.85. The summed E-state index contributed by atoms with van der Waals surface area (Å²) >= 11 is 0. The lowest BCUT2D eigenvalue weighted by molar-refractivity contribution is 0.582. The summed E-state index contributed by atoms with van der Waals surface area (Å²) in [6.45, 7) is 0. The summed E-state index contributed by atoms with van der Waals surface area (Å²) in [5.74, 6) is 0. The van der Waals surface area contributed by atoms with E-state index in [1.165, 1.54) is 0 Å². The van der Waals surface area contributed by atoms with E-state index in [4.69, 9.17) is 4.98 Å². The summed E-state index contributed by atoms with van der Waals surface area (Å²) in [7, 11) is -6.84. The lowest BCUT2D eigenvalue weighted by Gasteiger charge is -2.29. The molecule has 9 rings (SSSR count). The van der Waals surface area contributed by atoms with Gasteiger partial charge in [0.25, 0.3) is 0 Å². The van der Waals surface area contributed by atoms with Crippen molar-refractivity contribution in [3.05, 3.63) is 194 Å². The van der Waals surface area contributed by atoms with Gasteiger partial charge in [0.05, 0.1) is 11.2 Å². The van der Waals surface area contributed by atoms with Crippen LogP contribution in [0, 0.1) is 0 Å². The van der Waals surface area contributed by atoms with Gasteiger partial charge in [0, 0.05) is 53.9 Å². The van der Waals surface area contributed by atoms with Gasteiger partial charge >= 0.3 is 0 Å². The summed E-state index contributed by atoms with van der Waals surface area (Å²) in [5, 5.41) is 9.00. The van der Waals surface area contributed by atoms with Gasteiger partial charge in [0.1, 0.15) is 7.14 Å². The molecule has 1 aliphatic rings. The minimum atomic E-state index is -3.48. The van der Waals surface area contributed by atoms with Crippen molar-refractivity contribution in [1.82, 2.24) is 4.98 Å². The number of benzene rings is 7. The van der Waals surface area contributed by atoms with E-state index in [2.05, 4.69) is 72.8 Å². The number of hydrogen-bond donors (Lipinski definition) is 0. The molecule has 52 heavy (non-hydrogen) atoms. The molecule has 7 aromatic carbocycles. The van der Waals surface area contributed by atoms with E-state index in [-0.39, 0.29) is 5.66 Å². The van der Waals surface area contributed by atoms with Crippen LogP contribution in [-0.4, -0.2) is 10.6 Å². The van der Waals surface area contributed by atoms with Gasteiger partial charge in [-0.3, -0.25) is 0 Å². The molecule has 2 atom stereocenters. The molecule has 0 amide bonds. The van der Waals surface area contributed by atoms with Gasteiger partial charge in [-0.15, -0.1) is 0 Å². The van der Waals surface area contributed by atoms with Crippen molar-refractivity contribution >= 4 is 73.3 Å². The van der Waals surface area contributed by atoms with Gasteiger partial charge in [-0.1, -0.05) is 170 Å². The first-order valence-electron chi connectivity index (χ1n) is 17.6. The Balaban J connectivity index is 1.42. The average molecular weight is 708 g/mol. The summed E-state index contributed by atoms with van der Waals surface area (Å²) in [6.07, 6.45) is 8.82. The number of fused-ring (bicyclic) bond motifs is 5. The molecule has 0 saturated carbocycles. The fraction of sp³-hybridized carbons (Fsp3) is 0.0426. The number of para-hydroxylation sites is 1. The predicted octanol–water partition coefficient (Wildman–Crippen LogP) is 10.0. The third-order valence-electron chi connectivity index (χ3n) is 10.3. The third-order valence-corrected chi connectivity index (χ3v) is 16.8. The Kier molecular flexibility index (Phi) is 8.20. The van der Waals surface area contributed by atoms with Gasteiger partial charge in [-0.25, -0.2) is 4.98 Å². The van der Waals surface area contributed by atoms with Crippen molar-refractivity contribution < 1.29 is 9.13 Å². The van der Waals surface area contributed by atoms with Crippen molar-refractivity contribution in [1.29, 1.82) is 0 Å². The first-order valence-corrected chi connectivity index (χ1v) is 21.1. The van der Waals surface area contributed by atoms with Crippen LogP contribution in [0.4, 0.5) is 0 Å². The maximum absolute atomic E-state index is 16.2. The van der Waals surface area contributed by atoms with Crippen LogP contribution in [-0.2, 0) is 9.13 Å². The maximum atomic E-state index is 16.2. The lowest BCUT2D eigenvalue weighted by Crippen LogP contribution is -2.31. The van der Waals surface area contributed by atoms with E-state index in [0.717, 1.165) is 59.6 Å². The van der Waals surface area contributed by atoms with Crippen LogP contribution in [0.1, 0.15) is 6.42 Å². The summed E-state index contributed by atoms with van der Waals surface area (Å²) < 4.78 is 32.3. The number of pyridine rings is 1. The van der Waals surface area contributed by atoms with Crippen molar-refractivity contribution in [3.8, 4) is 11.3 Å². The first-order chi connectivity index (χ1) is 25.5. The summed E-state index contributed by atoms with van der Waals surface area (Å²) in [6, 6.07) is 56.3. The minimum Gasteiger partial charge on any atom is -0.313 e. The van der Waals surface area contributed by atoms with E-state index in [0.29, 0.717) is 17.0 Å². The monoisotopic (exact) mass is 707 g/mol. The SMILES string of the molecule is O=P(c1ccccc1)(c1ccccc1)c1cc(-c2nc3ccccc3c3c2ccc2ccccc23)cc(P(=O)(c2ccccc2)C2C=CC=CC2)c1. The Morgan fingerprint density at radius 2 is 1.10 bits per heavy atom. The number of rotatable bonds is 7. The molecule has 250 valence electrons. The zero-order valence-corrected chi connectivity index (χ0v) is 30.2. The number of hydrogen-bond acceptors (Lipinski definition) is 3. The smallest absolute Gasteiger partial charge is 0.171 e. The van der Waals surface area contributed by atoms with E-state index in [1.54, 1.807) is 0 Å². The molecule has 0 bridgehead atoms. The molecule has 5 heteroatoms. The van der Waals surface area contributed by atoms with Crippen molar-refractivity contribution in [2.75, 3.05) is 0 Å². The predicted molar refractivity (Wildman–Crippen MR) is 222 cm³/mol. The molecule has 0 saturated heterocycles. The molecule has 2 unspecified atom stereocenters.